The average Bonchev–Trinajstić information content (AvgIpc) is 1.89. The van der Waals surface area contributed by atoms with Crippen molar-refractivity contribution in [1.29, 1.82) is 0 Å². The third kappa shape index (κ3) is 0.426. The lowest BCUT2D eigenvalue weighted by molar-refractivity contribution is 0.113. The summed E-state index contributed by atoms with van der Waals surface area (Å²) in [6, 6.07) is 0. The summed E-state index contributed by atoms with van der Waals surface area (Å²) in [6.45, 7) is 2.36. The summed E-state index contributed by atoms with van der Waals surface area (Å²) >= 11 is 0. The largest absolute Gasteiger partial charge is 0.0704 e. The molecule has 0 heterocycles. The quantitative estimate of drug-likeness (QED) is 0.447. The van der Waals surface area contributed by atoms with E-state index in [4.69, 9.17) is 0 Å². The van der Waals surface area contributed by atoms with Crippen LogP contribution in [0, 0.1) is 17.8 Å². The molecule has 0 aliphatic heterocycles. The lowest BCUT2D eigenvalue weighted by Gasteiger charge is -2.53. The molecule has 0 radical (unpaired) electrons. The highest BCUT2D eigenvalue weighted by atomic mass is 14.5. The molecule has 0 spiro atoms. The van der Waals surface area contributed by atoms with Crippen LogP contribution in [0.15, 0.2) is 11.1 Å². The van der Waals surface area contributed by atoms with Crippen LogP contribution in [0.3, 0.4) is 0 Å². The predicted octanol–water partition coefficient (Wildman–Crippen LogP) is 2.75. The molecule has 54 valence electrons. The van der Waals surface area contributed by atoms with Gasteiger partial charge in [-0.15, -0.1) is 0 Å². The van der Waals surface area contributed by atoms with E-state index in [0.29, 0.717) is 0 Å². The summed E-state index contributed by atoms with van der Waals surface area (Å²) in [5, 5.41) is 0. The van der Waals surface area contributed by atoms with Crippen molar-refractivity contribution in [2.24, 2.45) is 17.8 Å². The van der Waals surface area contributed by atoms with Gasteiger partial charge in [0.05, 0.1) is 0 Å². The van der Waals surface area contributed by atoms with Gasteiger partial charge >= 0.3 is 0 Å². The highest BCUT2D eigenvalue weighted by Crippen LogP contribution is 2.58. The molecule has 10 heavy (non-hydrogen) atoms. The molecule has 4 rings (SSSR count). The van der Waals surface area contributed by atoms with Crippen LogP contribution in [0.5, 0.6) is 0 Å². The molecule has 0 N–H and O–H groups in total. The second-order valence-corrected chi connectivity index (χ2v) is 4.29. The molecular weight excluding hydrogens is 120 g/mol. The SMILES string of the molecule is CC1=C2CC1CC1CCC21. The minimum atomic E-state index is 1.04. The second kappa shape index (κ2) is 1.49. The van der Waals surface area contributed by atoms with Crippen molar-refractivity contribution in [2.45, 2.75) is 32.6 Å². The van der Waals surface area contributed by atoms with Crippen molar-refractivity contribution in [2.75, 3.05) is 0 Å². The molecule has 2 bridgehead atoms. The Morgan fingerprint density at radius 2 is 2.20 bits per heavy atom. The van der Waals surface area contributed by atoms with Gasteiger partial charge in [-0.2, -0.15) is 0 Å². The van der Waals surface area contributed by atoms with Gasteiger partial charge in [0.1, 0.15) is 0 Å². The van der Waals surface area contributed by atoms with Crippen LogP contribution >= 0.6 is 0 Å². The lowest BCUT2D eigenvalue weighted by Crippen LogP contribution is -2.41. The van der Waals surface area contributed by atoms with Crippen LogP contribution in [0.4, 0.5) is 0 Å². The van der Waals surface area contributed by atoms with Crippen molar-refractivity contribution < 1.29 is 0 Å². The van der Waals surface area contributed by atoms with Gasteiger partial charge in [0.2, 0.25) is 0 Å². The molecule has 0 heteroatoms. The molecule has 0 aromatic heterocycles. The van der Waals surface area contributed by atoms with Gasteiger partial charge in [-0.05, 0) is 50.4 Å². The Morgan fingerprint density at radius 1 is 1.30 bits per heavy atom. The Hall–Kier alpha value is -0.260. The van der Waals surface area contributed by atoms with E-state index in [0.717, 1.165) is 17.8 Å². The molecule has 0 aromatic carbocycles. The zero-order valence-corrected chi connectivity index (χ0v) is 6.56. The fourth-order valence-electron chi connectivity index (χ4n) is 3.09. The number of hydrogen-bond donors (Lipinski definition) is 0. The van der Waals surface area contributed by atoms with E-state index in [1.54, 1.807) is 12.0 Å². The smallest absolute Gasteiger partial charge is 0.0163 e. The van der Waals surface area contributed by atoms with Crippen LogP contribution < -0.4 is 0 Å². The summed E-state index contributed by atoms with van der Waals surface area (Å²) < 4.78 is 0. The molecule has 4 aliphatic carbocycles. The van der Waals surface area contributed by atoms with Crippen LogP contribution in [0.1, 0.15) is 32.6 Å². The van der Waals surface area contributed by atoms with Crippen molar-refractivity contribution in [1.82, 2.24) is 0 Å². The Bertz CT molecular complexity index is 212. The first-order chi connectivity index (χ1) is 4.86. The Balaban J connectivity index is 2.01. The third-order valence-electron chi connectivity index (χ3n) is 4.04. The zero-order valence-electron chi connectivity index (χ0n) is 6.56. The van der Waals surface area contributed by atoms with Gasteiger partial charge in [0, 0.05) is 0 Å². The molecule has 3 atom stereocenters. The summed E-state index contributed by atoms with van der Waals surface area (Å²) in [6.07, 6.45) is 6.08. The van der Waals surface area contributed by atoms with Crippen LogP contribution in [0.25, 0.3) is 0 Å². The van der Waals surface area contributed by atoms with E-state index in [1.807, 2.05) is 5.57 Å². The lowest BCUT2D eigenvalue weighted by atomic mass is 9.52. The molecule has 0 saturated heterocycles. The highest BCUT2D eigenvalue weighted by molar-refractivity contribution is 5.34. The highest BCUT2D eigenvalue weighted by Gasteiger charge is 2.46. The Labute approximate surface area is 62.3 Å². The summed E-state index contributed by atoms with van der Waals surface area (Å²) in [4.78, 5) is 0. The number of hydrogen-bond acceptors (Lipinski definition) is 0. The normalized spacial score (nSPS) is 49.5. The summed E-state index contributed by atoms with van der Waals surface area (Å²) in [5.74, 6) is 3.25. The van der Waals surface area contributed by atoms with Gasteiger partial charge in [0.25, 0.3) is 0 Å². The van der Waals surface area contributed by atoms with E-state index in [-0.39, 0.29) is 0 Å². The molecule has 3 unspecified atom stereocenters. The average molecular weight is 134 g/mol. The van der Waals surface area contributed by atoms with Crippen molar-refractivity contribution >= 4 is 0 Å². The van der Waals surface area contributed by atoms with Gasteiger partial charge in [0.15, 0.2) is 0 Å². The second-order valence-electron chi connectivity index (χ2n) is 4.29. The maximum Gasteiger partial charge on any atom is -0.0163 e. The van der Waals surface area contributed by atoms with Crippen LogP contribution in [-0.4, -0.2) is 0 Å². The molecule has 0 aromatic rings. The molecule has 0 amide bonds. The van der Waals surface area contributed by atoms with Gasteiger partial charge < -0.3 is 0 Å². The molecule has 4 aliphatic rings. The first-order valence-corrected chi connectivity index (χ1v) is 4.56. The molecular formula is C10H14. The first kappa shape index (κ1) is 5.40. The molecule has 0 nitrogen and oxygen atoms in total. The van der Waals surface area contributed by atoms with Crippen molar-refractivity contribution in [3.8, 4) is 0 Å². The van der Waals surface area contributed by atoms with E-state index in [9.17, 15) is 0 Å². The number of allylic oxidation sites excluding steroid dienone is 2. The summed E-state index contributed by atoms with van der Waals surface area (Å²) in [5.41, 5.74) is 3.65. The minimum absolute atomic E-state index is 1.04. The topological polar surface area (TPSA) is 0 Å². The van der Waals surface area contributed by atoms with E-state index >= 15 is 0 Å². The minimum Gasteiger partial charge on any atom is -0.0704 e. The predicted molar refractivity (Wildman–Crippen MR) is 41.6 cm³/mol. The zero-order chi connectivity index (χ0) is 6.72. The van der Waals surface area contributed by atoms with Gasteiger partial charge in [-0.3, -0.25) is 0 Å². The van der Waals surface area contributed by atoms with Gasteiger partial charge in [-0.25, -0.2) is 0 Å². The van der Waals surface area contributed by atoms with Crippen LogP contribution in [0.2, 0.25) is 0 Å². The van der Waals surface area contributed by atoms with E-state index in [2.05, 4.69) is 6.92 Å². The van der Waals surface area contributed by atoms with Crippen molar-refractivity contribution in [3.05, 3.63) is 11.1 Å². The standard InChI is InChI=1S/C10H14/c1-6-8-4-7-2-3-9(7)10(6)5-8/h7-9H,2-5H2,1H3. The molecule has 2 fully saturated rings. The first-order valence-electron chi connectivity index (χ1n) is 4.56. The van der Waals surface area contributed by atoms with Gasteiger partial charge in [-0.1, -0.05) is 11.1 Å². The maximum atomic E-state index is 2.36. The van der Waals surface area contributed by atoms with E-state index < -0.39 is 0 Å². The van der Waals surface area contributed by atoms with Crippen LogP contribution in [-0.2, 0) is 0 Å². The molecule has 2 saturated carbocycles. The maximum absolute atomic E-state index is 2.36. The number of rotatable bonds is 0. The Kier molecular flexibility index (Phi) is 0.805. The van der Waals surface area contributed by atoms with E-state index in [1.165, 1.54) is 19.3 Å². The monoisotopic (exact) mass is 134 g/mol. The third-order valence-corrected chi connectivity index (χ3v) is 4.04. The fourth-order valence-corrected chi connectivity index (χ4v) is 3.09. The fraction of sp³-hybridized carbons (Fsp3) is 0.800. The Morgan fingerprint density at radius 3 is 2.60 bits per heavy atom. The summed E-state index contributed by atoms with van der Waals surface area (Å²) in [7, 11) is 0. The van der Waals surface area contributed by atoms with Crippen molar-refractivity contribution in [3.63, 3.8) is 0 Å².